The number of nitro benzene ring substituents is 1. The van der Waals surface area contributed by atoms with E-state index in [0.717, 1.165) is 0 Å². The van der Waals surface area contributed by atoms with Gasteiger partial charge in [0.2, 0.25) is 5.91 Å². The highest BCUT2D eigenvalue weighted by molar-refractivity contribution is 6.00. The van der Waals surface area contributed by atoms with E-state index in [1.807, 2.05) is 13.8 Å². The van der Waals surface area contributed by atoms with E-state index in [0.29, 0.717) is 23.5 Å². The molecule has 2 amide bonds. The van der Waals surface area contributed by atoms with Crippen LogP contribution in [0.5, 0.6) is 0 Å². The van der Waals surface area contributed by atoms with Crippen LogP contribution in [0.3, 0.4) is 0 Å². The number of esters is 2. The first-order valence-corrected chi connectivity index (χ1v) is 10.9. The number of nitrogens with one attached hydrogen (secondary N) is 1. The van der Waals surface area contributed by atoms with Gasteiger partial charge in [-0.1, -0.05) is 13.8 Å². The van der Waals surface area contributed by atoms with Crippen molar-refractivity contribution in [3.05, 3.63) is 64.2 Å². The van der Waals surface area contributed by atoms with Crippen molar-refractivity contribution in [2.24, 2.45) is 11.8 Å². The Kier molecular flexibility index (Phi) is 8.13. The van der Waals surface area contributed by atoms with E-state index in [-0.39, 0.29) is 30.5 Å². The predicted molar refractivity (Wildman–Crippen MR) is 125 cm³/mol. The number of non-ortho nitro benzene ring substituents is 1. The molecule has 0 radical (unpaired) electrons. The Balaban J connectivity index is 1.47. The summed E-state index contributed by atoms with van der Waals surface area (Å²) >= 11 is 0. The summed E-state index contributed by atoms with van der Waals surface area (Å²) in [5, 5.41) is 13.3. The Hall–Kier alpha value is -4.28. The van der Waals surface area contributed by atoms with E-state index in [1.54, 1.807) is 0 Å². The molecule has 1 atom stereocenters. The maximum atomic E-state index is 12.4. The summed E-state index contributed by atoms with van der Waals surface area (Å²) in [6, 6.07) is 11.5. The first-order valence-electron chi connectivity index (χ1n) is 10.9. The summed E-state index contributed by atoms with van der Waals surface area (Å²) in [5.74, 6) is -2.60. The molecule has 2 aromatic carbocycles. The van der Waals surface area contributed by atoms with Gasteiger partial charge in [-0.25, -0.2) is 4.79 Å². The Morgan fingerprint density at radius 3 is 2.34 bits per heavy atom. The molecule has 11 nitrogen and oxygen atoms in total. The lowest BCUT2D eigenvalue weighted by Gasteiger charge is -2.16. The summed E-state index contributed by atoms with van der Waals surface area (Å²) in [4.78, 5) is 60.4. The highest BCUT2D eigenvalue weighted by atomic mass is 16.6. The average molecular weight is 483 g/mol. The second-order valence-corrected chi connectivity index (χ2v) is 8.40. The third kappa shape index (κ3) is 6.85. The van der Waals surface area contributed by atoms with Crippen LogP contribution in [0.1, 0.15) is 30.6 Å². The number of hydrogen-bond acceptors (Lipinski definition) is 8. The van der Waals surface area contributed by atoms with Gasteiger partial charge in [0, 0.05) is 36.5 Å². The van der Waals surface area contributed by atoms with Gasteiger partial charge in [0.05, 0.1) is 23.0 Å². The molecule has 184 valence electrons. The quantitative estimate of drug-likeness (QED) is 0.325. The van der Waals surface area contributed by atoms with Crippen molar-refractivity contribution in [1.29, 1.82) is 0 Å². The van der Waals surface area contributed by atoms with Crippen LogP contribution < -0.4 is 10.2 Å². The summed E-state index contributed by atoms with van der Waals surface area (Å²) in [5.41, 5.74) is 1.08. The number of carbonyl (C=O) groups is 4. The van der Waals surface area contributed by atoms with Crippen molar-refractivity contribution in [1.82, 2.24) is 0 Å². The summed E-state index contributed by atoms with van der Waals surface area (Å²) in [7, 11) is 0. The minimum atomic E-state index is -0.762. The number of nitrogens with zero attached hydrogens (tertiary/aromatic N) is 2. The van der Waals surface area contributed by atoms with Crippen LogP contribution in [-0.2, 0) is 23.9 Å². The zero-order chi connectivity index (χ0) is 25.5. The molecule has 1 aliphatic rings. The Bertz CT molecular complexity index is 1110. The van der Waals surface area contributed by atoms with Crippen LogP contribution in [-0.4, -0.2) is 48.4 Å². The fraction of sp³-hybridized carbons (Fsp3) is 0.333. The van der Waals surface area contributed by atoms with Crippen molar-refractivity contribution < 1.29 is 33.6 Å². The minimum Gasteiger partial charge on any atom is -0.462 e. The Morgan fingerprint density at radius 1 is 1.09 bits per heavy atom. The molecule has 0 unspecified atom stereocenters. The molecule has 0 bridgehead atoms. The van der Waals surface area contributed by atoms with Crippen LogP contribution in [0.25, 0.3) is 0 Å². The molecule has 2 aromatic rings. The zero-order valence-corrected chi connectivity index (χ0v) is 19.3. The van der Waals surface area contributed by atoms with Gasteiger partial charge in [-0.05, 0) is 42.3 Å². The van der Waals surface area contributed by atoms with Gasteiger partial charge in [0.1, 0.15) is 0 Å². The van der Waals surface area contributed by atoms with Crippen molar-refractivity contribution >= 4 is 40.8 Å². The van der Waals surface area contributed by atoms with E-state index >= 15 is 0 Å². The number of nitro groups is 1. The number of anilines is 2. The van der Waals surface area contributed by atoms with E-state index in [2.05, 4.69) is 5.32 Å². The standard InChI is InChI=1S/C24H25N3O8/c1-15(2)13-34-23(30)16-3-5-18(6-4-16)25-21(28)14-35-24(31)17-11-22(29)26(12-17)19-7-9-20(10-8-19)27(32)33/h3-10,15,17H,11-14H2,1-2H3,(H,25,28)/t17-/m1/s1. The van der Waals surface area contributed by atoms with E-state index in [1.165, 1.54) is 53.4 Å². The van der Waals surface area contributed by atoms with Crippen molar-refractivity contribution in [3.63, 3.8) is 0 Å². The minimum absolute atomic E-state index is 0.0471. The van der Waals surface area contributed by atoms with Gasteiger partial charge >= 0.3 is 11.9 Å². The zero-order valence-electron chi connectivity index (χ0n) is 19.3. The lowest BCUT2D eigenvalue weighted by atomic mass is 10.1. The molecule has 3 rings (SSSR count). The monoisotopic (exact) mass is 483 g/mol. The summed E-state index contributed by atoms with van der Waals surface area (Å²) in [6.45, 7) is 3.67. The highest BCUT2D eigenvalue weighted by Crippen LogP contribution is 2.27. The number of benzene rings is 2. The topological polar surface area (TPSA) is 145 Å². The molecule has 35 heavy (non-hydrogen) atoms. The third-order valence-electron chi connectivity index (χ3n) is 5.13. The van der Waals surface area contributed by atoms with Crippen molar-refractivity contribution in [2.75, 3.05) is 30.0 Å². The van der Waals surface area contributed by atoms with E-state index in [4.69, 9.17) is 9.47 Å². The third-order valence-corrected chi connectivity index (χ3v) is 5.13. The molecule has 1 fully saturated rings. The number of rotatable bonds is 9. The molecule has 1 N–H and O–H groups in total. The number of carbonyl (C=O) groups excluding carboxylic acids is 4. The largest absolute Gasteiger partial charge is 0.462 e. The molecule has 11 heteroatoms. The molecule has 0 aliphatic carbocycles. The molecule has 0 spiro atoms. The lowest BCUT2D eigenvalue weighted by molar-refractivity contribution is -0.384. The highest BCUT2D eigenvalue weighted by Gasteiger charge is 2.36. The second-order valence-electron chi connectivity index (χ2n) is 8.40. The first kappa shape index (κ1) is 25.3. The van der Waals surface area contributed by atoms with Gasteiger partial charge in [-0.15, -0.1) is 0 Å². The number of ether oxygens (including phenoxy) is 2. The van der Waals surface area contributed by atoms with Crippen molar-refractivity contribution in [2.45, 2.75) is 20.3 Å². The van der Waals surface area contributed by atoms with Crippen LogP contribution >= 0.6 is 0 Å². The van der Waals surface area contributed by atoms with E-state index in [9.17, 15) is 29.3 Å². The van der Waals surface area contributed by atoms with Gasteiger partial charge < -0.3 is 19.7 Å². The molecule has 1 saturated heterocycles. The van der Waals surface area contributed by atoms with Gasteiger partial charge in [-0.3, -0.25) is 24.5 Å². The van der Waals surface area contributed by atoms with Crippen LogP contribution in [0.2, 0.25) is 0 Å². The molecule has 0 saturated carbocycles. The first-order chi connectivity index (χ1) is 16.6. The van der Waals surface area contributed by atoms with Gasteiger partial charge in [0.15, 0.2) is 6.61 Å². The molecular weight excluding hydrogens is 458 g/mol. The lowest BCUT2D eigenvalue weighted by Crippen LogP contribution is -2.28. The molecule has 0 aromatic heterocycles. The maximum Gasteiger partial charge on any atom is 0.338 e. The number of hydrogen-bond donors (Lipinski definition) is 1. The predicted octanol–water partition coefficient (Wildman–Crippen LogP) is 2.94. The Morgan fingerprint density at radius 2 is 1.74 bits per heavy atom. The fourth-order valence-electron chi connectivity index (χ4n) is 3.34. The smallest absolute Gasteiger partial charge is 0.338 e. The Labute approximate surface area is 201 Å². The summed E-state index contributed by atoms with van der Waals surface area (Å²) in [6.07, 6.45) is -0.0915. The fourth-order valence-corrected chi connectivity index (χ4v) is 3.34. The maximum absolute atomic E-state index is 12.4. The molecule has 1 aliphatic heterocycles. The summed E-state index contributed by atoms with van der Waals surface area (Å²) < 4.78 is 10.2. The average Bonchev–Trinajstić information content (AvgIpc) is 3.23. The second kappa shape index (κ2) is 11.2. The molecule has 1 heterocycles. The van der Waals surface area contributed by atoms with Gasteiger partial charge in [-0.2, -0.15) is 0 Å². The van der Waals surface area contributed by atoms with Crippen molar-refractivity contribution in [3.8, 4) is 0 Å². The van der Waals surface area contributed by atoms with Crippen LogP contribution in [0.15, 0.2) is 48.5 Å². The van der Waals surface area contributed by atoms with Crippen LogP contribution in [0, 0.1) is 22.0 Å². The van der Waals surface area contributed by atoms with E-state index < -0.39 is 35.3 Å². The molecular formula is C24H25N3O8. The normalized spacial score (nSPS) is 15.1. The number of amides is 2. The van der Waals surface area contributed by atoms with Crippen LogP contribution in [0.4, 0.5) is 17.1 Å². The van der Waals surface area contributed by atoms with Gasteiger partial charge in [0.25, 0.3) is 11.6 Å². The SMILES string of the molecule is CC(C)COC(=O)c1ccc(NC(=O)COC(=O)[C@@H]2CC(=O)N(c3ccc([N+](=O)[O-])cc3)C2)cc1.